The molecule has 21 heavy (non-hydrogen) atoms. The Bertz CT molecular complexity index is 740. The Morgan fingerprint density at radius 2 is 1.95 bits per heavy atom. The highest BCUT2D eigenvalue weighted by Crippen LogP contribution is 2.17. The van der Waals surface area contributed by atoms with Crippen molar-refractivity contribution in [2.75, 3.05) is 7.05 Å². The lowest BCUT2D eigenvalue weighted by Crippen LogP contribution is -2.10. The van der Waals surface area contributed by atoms with E-state index in [0.717, 1.165) is 11.3 Å². The molecule has 0 amide bonds. The van der Waals surface area contributed by atoms with E-state index in [1.54, 1.807) is 12.1 Å². The largest absolute Gasteiger partial charge is 0.314 e. The molecular formula is C14H13ClN6. The lowest BCUT2D eigenvalue weighted by Gasteiger charge is -2.04. The molecule has 3 rings (SSSR count). The third-order valence-corrected chi connectivity index (χ3v) is 3.24. The number of hydrogen-bond acceptors (Lipinski definition) is 5. The normalized spacial score (nSPS) is 10.8. The molecule has 0 unspecified atom stereocenters. The molecular weight excluding hydrogens is 288 g/mol. The lowest BCUT2D eigenvalue weighted by atomic mass is 10.2. The number of hydrogen-bond donors (Lipinski definition) is 1. The average molecular weight is 301 g/mol. The molecule has 0 saturated carbocycles. The fraction of sp³-hybridized carbons (Fsp3) is 0.143. The smallest absolute Gasteiger partial charge is 0.205 e. The maximum atomic E-state index is 6.10. The minimum Gasteiger partial charge on any atom is -0.314 e. The summed E-state index contributed by atoms with van der Waals surface area (Å²) in [6, 6.07) is 13.2. The number of tetrazole rings is 1. The first-order valence-corrected chi connectivity index (χ1v) is 6.81. The highest BCUT2D eigenvalue weighted by Gasteiger charge is 2.10. The molecule has 0 bridgehead atoms. The molecule has 2 heterocycles. The van der Waals surface area contributed by atoms with Gasteiger partial charge in [-0.3, -0.25) is 0 Å². The van der Waals surface area contributed by atoms with Crippen molar-refractivity contribution in [1.82, 2.24) is 30.5 Å². The summed E-state index contributed by atoms with van der Waals surface area (Å²) in [5.41, 5.74) is 1.66. The van der Waals surface area contributed by atoms with E-state index in [1.807, 2.05) is 37.4 Å². The van der Waals surface area contributed by atoms with Crippen LogP contribution in [0.1, 0.15) is 5.69 Å². The Kier molecular flexibility index (Phi) is 3.89. The van der Waals surface area contributed by atoms with Crippen LogP contribution >= 0.6 is 11.6 Å². The molecule has 0 radical (unpaired) electrons. The van der Waals surface area contributed by atoms with Gasteiger partial charge in [0, 0.05) is 12.1 Å². The van der Waals surface area contributed by atoms with Crippen LogP contribution in [0.4, 0.5) is 0 Å². The van der Waals surface area contributed by atoms with Gasteiger partial charge in [0.15, 0.2) is 5.82 Å². The van der Waals surface area contributed by atoms with Gasteiger partial charge >= 0.3 is 0 Å². The third kappa shape index (κ3) is 2.91. The summed E-state index contributed by atoms with van der Waals surface area (Å²) in [5.74, 6) is 1.14. The van der Waals surface area contributed by atoms with E-state index in [4.69, 9.17) is 11.6 Å². The van der Waals surface area contributed by atoms with Crippen LogP contribution in [0.5, 0.6) is 0 Å². The second-order valence-electron chi connectivity index (χ2n) is 4.40. The van der Waals surface area contributed by atoms with E-state index in [0.29, 0.717) is 23.2 Å². The fourth-order valence-electron chi connectivity index (χ4n) is 1.89. The van der Waals surface area contributed by atoms with Crippen molar-refractivity contribution in [3.8, 4) is 17.2 Å². The molecule has 0 spiro atoms. The molecule has 106 valence electrons. The Morgan fingerprint density at radius 3 is 2.71 bits per heavy atom. The Hall–Kier alpha value is -2.31. The number of nitrogens with one attached hydrogen (secondary N) is 1. The summed E-state index contributed by atoms with van der Waals surface area (Å²) in [6.07, 6.45) is 0. The number of benzene rings is 1. The SMILES string of the molecule is CNCc1nc(-n2nnc(-c3ccccc3)n2)ccc1Cl. The number of halogens is 1. The molecule has 3 aromatic rings. The summed E-state index contributed by atoms with van der Waals surface area (Å²) in [4.78, 5) is 5.84. The van der Waals surface area contributed by atoms with Crippen LogP contribution in [0.15, 0.2) is 42.5 Å². The second-order valence-corrected chi connectivity index (χ2v) is 4.80. The maximum Gasteiger partial charge on any atom is 0.205 e. The number of pyridine rings is 1. The summed E-state index contributed by atoms with van der Waals surface area (Å²) in [6.45, 7) is 0.576. The molecule has 2 aromatic heterocycles. The van der Waals surface area contributed by atoms with Gasteiger partial charge in [-0.2, -0.15) is 0 Å². The molecule has 7 heteroatoms. The minimum absolute atomic E-state index is 0.558. The van der Waals surface area contributed by atoms with Gasteiger partial charge in [0.25, 0.3) is 0 Å². The molecule has 0 saturated heterocycles. The topological polar surface area (TPSA) is 68.5 Å². The van der Waals surface area contributed by atoms with Gasteiger partial charge in [0.1, 0.15) is 0 Å². The van der Waals surface area contributed by atoms with Crippen LogP contribution in [0.3, 0.4) is 0 Å². The summed E-state index contributed by atoms with van der Waals surface area (Å²) < 4.78 is 0. The van der Waals surface area contributed by atoms with Gasteiger partial charge in [0.2, 0.25) is 5.82 Å². The van der Waals surface area contributed by atoms with Crippen LogP contribution in [0, 0.1) is 0 Å². The highest BCUT2D eigenvalue weighted by molar-refractivity contribution is 6.31. The van der Waals surface area contributed by atoms with Crippen molar-refractivity contribution >= 4 is 11.6 Å². The van der Waals surface area contributed by atoms with Crippen LogP contribution in [0.2, 0.25) is 5.02 Å². The number of rotatable bonds is 4. The van der Waals surface area contributed by atoms with Crippen molar-refractivity contribution in [3.05, 3.63) is 53.2 Å². The molecule has 0 aliphatic rings. The summed E-state index contributed by atoms with van der Waals surface area (Å²) >= 11 is 6.10. The first kappa shape index (κ1) is 13.7. The number of nitrogens with zero attached hydrogens (tertiary/aromatic N) is 5. The zero-order chi connectivity index (χ0) is 14.7. The first-order chi connectivity index (χ1) is 10.3. The summed E-state index contributed by atoms with van der Waals surface area (Å²) in [7, 11) is 1.84. The standard InChI is InChI=1S/C14H13ClN6/c1-16-9-12-11(15)7-8-13(17-12)21-19-14(18-20-21)10-5-3-2-4-6-10/h2-8,16H,9H2,1H3. The maximum absolute atomic E-state index is 6.10. The van der Waals surface area contributed by atoms with E-state index in [9.17, 15) is 0 Å². The molecule has 1 aromatic carbocycles. The quantitative estimate of drug-likeness (QED) is 0.799. The molecule has 1 N–H and O–H groups in total. The van der Waals surface area contributed by atoms with Crippen molar-refractivity contribution in [2.45, 2.75) is 6.54 Å². The zero-order valence-corrected chi connectivity index (χ0v) is 12.1. The average Bonchev–Trinajstić information content (AvgIpc) is 3.00. The Labute approximate surface area is 126 Å². The molecule has 0 aliphatic carbocycles. The van der Waals surface area contributed by atoms with Crippen LogP contribution in [-0.2, 0) is 6.54 Å². The van der Waals surface area contributed by atoms with Gasteiger partial charge in [-0.1, -0.05) is 41.9 Å². The van der Waals surface area contributed by atoms with E-state index in [-0.39, 0.29) is 0 Å². The second kappa shape index (κ2) is 5.99. The van der Waals surface area contributed by atoms with Gasteiger partial charge in [-0.25, -0.2) is 4.98 Å². The minimum atomic E-state index is 0.558. The van der Waals surface area contributed by atoms with Gasteiger partial charge in [-0.15, -0.1) is 15.0 Å². The van der Waals surface area contributed by atoms with E-state index >= 15 is 0 Å². The predicted octanol–water partition coefficient (Wildman–Crippen LogP) is 2.10. The van der Waals surface area contributed by atoms with Gasteiger partial charge in [0.05, 0.1) is 10.7 Å². The van der Waals surface area contributed by atoms with Gasteiger partial charge < -0.3 is 5.32 Å². The molecule has 0 atom stereocenters. The monoisotopic (exact) mass is 300 g/mol. The predicted molar refractivity (Wildman–Crippen MR) is 80.2 cm³/mol. The molecule has 0 aliphatic heterocycles. The first-order valence-electron chi connectivity index (χ1n) is 6.44. The Morgan fingerprint density at radius 1 is 1.14 bits per heavy atom. The fourth-order valence-corrected chi connectivity index (χ4v) is 2.06. The Balaban J connectivity index is 1.95. The lowest BCUT2D eigenvalue weighted by molar-refractivity contribution is 0.689. The highest BCUT2D eigenvalue weighted by atomic mass is 35.5. The van der Waals surface area contributed by atoms with E-state index in [2.05, 4.69) is 25.7 Å². The van der Waals surface area contributed by atoms with Crippen molar-refractivity contribution in [3.63, 3.8) is 0 Å². The van der Waals surface area contributed by atoms with Crippen LogP contribution in [0.25, 0.3) is 17.2 Å². The van der Waals surface area contributed by atoms with E-state index < -0.39 is 0 Å². The van der Waals surface area contributed by atoms with Crippen molar-refractivity contribution < 1.29 is 0 Å². The third-order valence-electron chi connectivity index (χ3n) is 2.90. The van der Waals surface area contributed by atoms with E-state index in [1.165, 1.54) is 4.80 Å². The van der Waals surface area contributed by atoms with Crippen LogP contribution < -0.4 is 5.32 Å². The molecule has 6 nitrogen and oxygen atoms in total. The number of aromatic nitrogens is 5. The van der Waals surface area contributed by atoms with Gasteiger partial charge in [-0.05, 0) is 24.4 Å². The van der Waals surface area contributed by atoms with Crippen LogP contribution in [-0.4, -0.2) is 32.2 Å². The molecule has 0 fully saturated rings. The summed E-state index contributed by atoms with van der Waals surface area (Å²) in [5, 5.41) is 16.1. The van der Waals surface area contributed by atoms with Crippen molar-refractivity contribution in [2.24, 2.45) is 0 Å². The zero-order valence-electron chi connectivity index (χ0n) is 11.4. The van der Waals surface area contributed by atoms with Crippen molar-refractivity contribution in [1.29, 1.82) is 0 Å².